The molecule has 88 valence electrons. The molecule has 1 aliphatic rings. The molecule has 0 bridgehead atoms. The maximum absolute atomic E-state index is 5.31. The summed E-state index contributed by atoms with van der Waals surface area (Å²) >= 11 is 4.76. The minimum absolute atomic E-state index is 0.509. The second kappa shape index (κ2) is 4.38. The highest BCUT2D eigenvalue weighted by molar-refractivity contribution is 9.10. The normalized spacial score (nSPS) is 15.2. The molecular formula is C10H9BrN4OS. The summed E-state index contributed by atoms with van der Waals surface area (Å²) in [7, 11) is 0. The number of rotatable bonds is 3. The Balaban J connectivity index is 1.86. The van der Waals surface area contributed by atoms with E-state index >= 15 is 0 Å². The van der Waals surface area contributed by atoms with Gasteiger partial charge in [0.1, 0.15) is 15.5 Å². The van der Waals surface area contributed by atoms with Gasteiger partial charge in [-0.3, -0.25) is 0 Å². The Bertz CT molecular complexity index is 555. The Morgan fingerprint density at radius 3 is 2.82 bits per heavy atom. The van der Waals surface area contributed by atoms with Gasteiger partial charge >= 0.3 is 0 Å². The van der Waals surface area contributed by atoms with Crippen LogP contribution in [0.4, 0.5) is 0 Å². The molecule has 5 nitrogen and oxygen atoms in total. The lowest BCUT2D eigenvalue weighted by atomic mass is 10.4. The second-order valence-electron chi connectivity index (χ2n) is 3.85. The van der Waals surface area contributed by atoms with Crippen molar-refractivity contribution < 1.29 is 4.42 Å². The number of nitrogens with zero attached hydrogens (tertiary/aromatic N) is 4. The Labute approximate surface area is 111 Å². The molecule has 1 saturated carbocycles. The molecule has 1 aliphatic carbocycles. The van der Waals surface area contributed by atoms with Crippen LogP contribution >= 0.6 is 27.7 Å². The zero-order valence-electron chi connectivity index (χ0n) is 9.05. The molecule has 7 heteroatoms. The molecule has 0 aliphatic heterocycles. The first kappa shape index (κ1) is 11.2. The Morgan fingerprint density at radius 2 is 2.18 bits per heavy atom. The third-order valence-corrected chi connectivity index (χ3v) is 3.49. The van der Waals surface area contributed by atoms with E-state index in [0.717, 1.165) is 15.5 Å². The predicted molar refractivity (Wildman–Crippen MR) is 64.9 cm³/mol. The lowest BCUT2D eigenvalue weighted by Gasteiger charge is -2.01. The molecule has 0 aromatic carbocycles. The Hall–Kier alpha value is -0.950. The summed E-state index contributed by atoms with van der Waals surface area (Å²) < 4.78 is 6.11. The molecule has 0 saturated heterocycles. The number of hydrogen-bond acceptors (Lipinski definition) is 6. The topological polar surface area (TPSA) is 64.7 Å². The quantitative estimate of drug-likeness (QED) is 0.812. The highest BCUT2D eigenvalue weighted by atomic mass is 79.9. The van der Waals surface area contributed by atoms with Gasteiger partial charge in [0.15, 0.2) is 0 Å². The van der Waals surface area contributed by atoms with E-state index in [1.165, 1.54) is 24.6 Å². The van der Waals surface area contributed by atoms with Crippen molar-refractivity contribution in [2.45, 2.75) is 35.9 Å². The zero-order valence-corrected chi connectivity index (χ0v) is 11.5. The van der Waals surface area contributed by atoms with Crippen LogP contribution < -0.4 is 0 Å². The summed E-state index contributed by atoms with van der Waals surface area (Å²) in [6, 6.07) is 1.86. The van der Waals surface area contributed by atoms with Crippen molar-refractivity contribution in [2.24, 2.45) is 0 Å². The van der Waals surface area contributed by atoms with Gasteiger partial charge in [0, 0.05) is 18.9 Å². The maximum atomic E-state index is 5.31. The minimum atomic E-state index is 0.509. The van der Waals surface area contributed by atoms with Gasteiger partial charge < -0.3 is 4.42 Å². The van der Waals surface area contributed by atoms with E-state index in [2.05, 4.69) is 36.1 Å². The molecule has 0 radical (unpaired) electrons. The maximum Gasteiger partial charge on any atom is 0.282 e. The van der Waals surface area contributed by atoms with Crippen LogP contribution in [-0.2, 0) is 0 Å². The van der Waals surface area contributed by atoms with Gasteiger partial charge in [0.05, 0.1) is 0 Å². The zero-order chi connectivity index (χ0) is 11.8. The fourth-order valence-electron chi connectivity index (χ4n) is 1.40. The second-order valence-corrected chi connectivity index (χ2v) is 5.63. The van der Waals surface area contributed by atoms with Gasteiger partial charge in [-0.25, -0.2) is 9.97 Å². The summed E-state index contributed by atoms with van der Waals surface area (Å²) in [5.74, 6) is 1.98. The lowest BCUT2D eigenvalue weighted by Crippen LogP contribution is -1.94. The number of halogens is 1. The first-order valence-electron chi connectivity index (χ1n) is 5.23. The summed E-state index contributed by atoms with van der Waals surface area (Å²) in [4.78, 5) is 8.86. The summed E-state index contributed by atoms with van der Waals surface area (Å²) in [5.41, 5.74) is 0. The largest absolute Gasteiger partial charge is 0.416 e. The number of hydrogen-bond donors (Lipinski definition) is 0. The van der Waals surface area contributed by atoms with Gasteiger partial charge in [-0.05, 0) is 40.5 Å². The fraction of sp³-hybridized carbons (Fsp3) is 0.400. The Morgan fingerprint density at radius 1 is 1.35 bits per heavy atom. The van der Waals surface area contributed by atoms with E-state index in [9.17, 15) is 0 Å². The molecule has 0 N–H and O–H groups in total. The van der Waals surface area contributed by atoms with Gasteiger partial charge in [-0.2, -0.15) is 0 Å². The highest BCUT2D eigenvalue weighted by Crippen LogP contribution is 2.39. The fourth-order valence-corrected chi connectivity index (χ4v) is 2.68. The first-order chi connectivity index (χ1) is 8.20. The van der Waals surface area contributed by atoms with Crippen LogP contribution in [0.3, 0.4) is 0 Å². The van der Waals surface area contributed by atoms with Crippen molar-refractivity contribution in [3.63, 3.8) is 0 Å². The van der Waals surface area contributed by atoms with Crippen molar-refractivity contribution in [3.8, 4) is 0 Å². The third kappa shape index (κ3) is 2.66. The lowest BCUT2D eigenvalue weighted by molar-refractivity contribution is 0.429. The molecule has 2 aromatic heterocycles. The number of aromatic nitrogens is 4. The monoisotopic (exact) mass is 312 g/mol. The molecular weight excluding hydrogens is 304 g/mol. The average molecular weight is 313 g/mol. The van der Waals surface area contributed by atoms with Crippen molar-refractivity contribution in [1.29, 1.82) is 0 Å². The molecule has 17 heavy (non-hydrogen) atoms. The standard InChI is InChI=1S/C10H9BrN4OS/c1-5-14-15-10(16-5)17-8-4-7(11)12-9(13-8)6-2-3-6/h4,6H,2-3H2,1H3. The van der Waals surface area contributed by atoms with Crippen molar-refractivity contribution in [1.82, 2.24) is 20.2 Å². The highest BCUT2D eigenvalue weighted by Gasteiger charge is 2.27. The molecule has 0 atom stereocenters. The van der Waals surface area contributed by atoms with Crippen LogP contribution in [0.15, 0.2) is 25.3 Å². The van der Waals surface area contributed by atoms with Crippen LogP contribution in [0.1, 0.15) is 30.5 Å². The van der Waals surface area contributed by atoms with Crippen LogP contribution in [0, 0.1) is 6.92 Å². The van der Waals surface area contributed by atoms with E-state index in [4.69, 9.17) is 4.42 Å². The third-order valence-electron chi connectivity index (χ3n) is 2.33. The Kier molecular flexibility index (Phi) is 2.87. The average Bonchev–Trinajstić information content (AvgIpc) is 3.03. The first-order valence-corrected chi connectivity index (χ1v) is 6.84. The van der Waals surface area contributed by atoms with Crippen molar-refractivity contribution in [3.05, 3.63) is 22.4 Å². The van der Waals surface area contributed by atoms with Gasteiger partial charge in [-0.15, -0.1) is 10.2 Å². The van der Waals surface area contributed by atoms with E-state index in [0.29, 0.717) is 17.0 Å². The summed E-state index contributed by atoms with van der Waals surface area (Å²) in [6.45, 7) is 1.77. The molecule has 1 fully saturated rings. The summed E-state index contributed by atoms with van der Waals surface area (Å²) in [6.07, 6.45) is 2.36. The molecule has 0 unspecified atom stereocenters. The summed E-state index contributed by atoms with van der Waals surface area (Å²) in [5, 5.41) is 9.05. The molecule has 3 rings (SSSR count). The van der Waals surface area contributed by atoms with E-state index < -0.39 is 0 Å². The minimum Gasteiger partial charge on any atom is -0.416 e. The van der Waals surface area contributed by atoms with E-state index in [-0.39, 0.29) is 0 Å². The van der Waals surface area contributed by atoms with Gasteiger partial charge in [0.25, 0.3) is 5.22 Å². The molecule has 2 heterocycles. The number of aryl methyl sites for hydroxylation is 1. The SMILES string of the molecule is Cc1nnc(Sc2cc(Br)nc(C3CC3)n2)o1. The van der Waals surface area contributed by atoms with Crippen LogP contribution in [0.5, 0.6) is 0 Å². The predicted octanol–water partition coefficient (Wildman–Crippen LogP) is 2.96. The van der Waals surface area contributed by atoms with Crippen molar-refractivity contribution in [2.75, 3.05) is 0 Å². The van der Waals surface area contributed by atoms with Gasteiger partial charge in [-0.1, -0.05) is 0 Å². The molecule has 2 aromatic rings. The molecule has 0 spiro atoms. The van der Waals surface area contributed by atoms with Crippen molar-refractivity contribution >= 4 is 27.7 Å². The van der Waals surface area contributed by atoms with Crippen LogP contribution in [0.25, 0.3) is 0 Å². The van der Waals surface area contributed by atoms with Gasteiger partial charge in [0.2, 0.25) is 5.89 Å². The van der Waals surface area contributed by atoms with E-state index in [1.54, 1.807) is 6.92 Å². The smallest absolute Gasteiger partial charge is 0.282 e. The van der Waals surface area contributed by atoms with Crippen LogP contribution in [-0.4, -0.2) is 20.2 Å². The molecule has 0 amide bonds. The van der Waals surface area contributed by atoms with E-state index in [1.807, 2.05) is 6.07 Å². The van der Waals surface area contributed by atoms with Crippen LogP contribution in [0.2, 0.25) is 0 Å².